The first-order valence-corrected chi connectivity index (χ1v) is 10.3. The van der Waals surface area contributed by atoms with Crippen molar-refractivity contribution in [1.29, 1.82) is 0 Å². The van der Waals surface area contributed by atoms with Gasteiger partial charge in [0, 0.05) is 25.2 Å². The predicted molar refractivity (Wildman–Crippen MR) is 102 cm³/mol. The summed E-state index contributed by atoms with van der Waals surface area (Å²) < 4.78 is 28.1. The molecule has 1 fully saturated rings. The second kappa shape index (κ2) is 8.19. The number of sulfonamides is 1. The van der Waals surface area contributed by atoms with Gasteiger partial charge in [0.25, 0.3) is 0 Å². The smallest absolute Gasteiger partial charge is 0.241 e. The van der Waals surface area contributed by atoms with Crippen LogP contribution in [0.5, 0.6) is 0 Å². The molecule has 0 atom stereocenters. The normalized spacial score (nSPS) is 16.9. The number of benzene rings is 1. The van der Waals surface area contributed by atoms with Crippen LogP contribution in [0.25, 0.3) is 0 Å². The SMILES string of the molecule is CN=C(NCc1ccccc1S(=O)(=O)NC(C)(C)C)NC1CCCC1. The zero-order valence-electron chi connectivity index (χ0n) is 15.6. The molecule has 7 heteroatoms. The molecule has 0 unspecified atom stereocenters. The fourth-order valence-corrected chi connectivity index (χ4v) is 4.67. The lowest BCUT2D eigenvalue weighted by atomic mass is 10.1. The van der Waals surface area contributed by atoms with E-state index in [9.17, 15) is 8.42 Å². The summed E-state index contributed by atoms with van der Waals surface area (Å²) in [6.45, 7) is 5.89. The van der Waals surface area contributed by atoms with Crippen LogP contribution in [-0.2, 0) is 16.6 Å². The highest BCUT2D eigenvalue weighted by Crippen LogP contribution is 2.19. The van der Waals surface area contributed by atoms with E-state index in [0.717, 1.165) is 12.8 Å². The molecular weight excluding hydrogens is 336 g/mol. The summed E-state index contributed by atoms with van der Waals surface area (Å²) in [6.07, 6.45) is 4.80. The largest absolute Gasteiger partial charge is 0.354 e. The van der Waals surface area contributed by atoms with Crippen molar-refractivity contribution >= 4 is 16.0 Å². The average molecular weight is 367 g/mol. The third-order valence-corrected chi connectivity index (χ3v) is 5.93. The van der Waals surface area contributed by atoms with E-state index >= 15 is 0 Å². The Bertz CT molecular complexity index is 702. The van der Waals surface area contributed by atoms with E-state index in [4.69, 9.17) is 0 Å². The molecule has 1 aromatic carbocycles. The zero-order chi connectivity index (χ0) is 18.5. The number of nitrogens with zero attached hydrogens (tertiary/aromatic N) is 1. The van der Waals surface area contributed by atoms with Crippen LogP contribution in [0, 0.1) is 0 Å². The van der Waals surface area contributed by atoms with Gasteiger partial charge in [0.15, 0.2) is 5.96 Å². The molecule has 0 saturated heterocycles. The number of hydrogen-bond donors (Lipinski definition) is 3. The second-order valence-corrected chi connectivity index (χ2v) is 9.17. The first kappa shape index (κ1) is 19.7. The number of aliphatic imine (C=N–C) groups is 1. The van der Waals surface area contributed by atoms with Gasteiger partial charge in [-0.25, -0.2) is 13.1 Å². The second-order valence-electron chi connectivity index (χ2n) is 7.51. The van der Waals surface area contributed by atoms with E-state index < -0.39 is 15.6 Å². The molecule has 1 saturated carbocycles. The maximum Gasteiger partial charge on any atom is 0.241 e. The van der Waals surface area contributed by atoms with Crippen LogP contribution in [0.3, 0.4) is 0 Å². The summed E-state index contributed by atoms with van der Waals surface area (Å²) in [6, 6.07) is 7.51. The van der Waals surface area contributed by atoms with Gasteiger partial charge in [-0.3, -0.25) is 4.99 Å². The lowest BCUT2D eigenvalue weighted by Gasteiger charge is -2.22. The molecular formula is C18H30N4O2S. The number of guanidine groups is 1. The fourth-order valence-electron chi connectivity index (χ4n) is 3.01. The Morgan fingerprint density at radius 2 is 1.84 bits per heavy atom. The fraction of sp³-hybridized carbons (Fsp3) is 0.611. The minimum Gasteiger partial charge on any atom is -0.354 e. The van der Waals surface area contributed by atoms with Crippen LogP contribution in [0.2, 0.25) is 0 Å². The molecule has 0 spiro atoms. The molecule has 1 aliphatic rings. The van der Waals surface area contributed by atoms with Gasteiger partial charge in [0.2, 0.25) is 10.0 Å². The van der Waals surface area contributed by atoms with Crippen molar-refractivity contribution in [3.8, 4) is 0 Å². The molecule has 25 heavy (non-hydrogen) atoms. The topological polar surface area (TPSA) is 82.6 Å². The Kier molecular flexibility index (Phi) is 6.46. The van der Waals surface area contributed by atoms with E-state index in [0.29, 0.717) is 29.0 Å². The van der Waals surface area contributed by atoms with Gasteiger partial charge in [-0.15, -0.1) is 0 Å². The monoisotopic (exact) mass is 366 g/mol. The van der Waals surface area contributed by atoms with Gasteiger partial charge in [-0.05, 0) is 45.2 Å². The van der Waals surface area contributed by atoms with Crippen LogP contribution < -0.4 is 15.4 Å². The lowest BCUT2D eigenvalue weighted by molar-refractivity contribution is 0.491. The Balaban J connectivity index is 2.09. The van der Waals surface area contributed by atoms with E-state index in [1.165, 1.54) is 12.8 Å². The standard InChI is InChI=1S/C18H30N4O2S/c1-18(2,3)22-25(23,24)16-12-8-5-9-14(16)13-20-17(19-4)21-15-10-6-7-11-15/h5,8-9,12,15,22H,6-7,10-11,13H2,1-4H3,(H2,19,20,21). The summed E-state index contributed by atoms with van der Waals surface area (Å²) in [5.41, 5.74) is 0.188. The van der Waals surface area contributed by atoms with E-state index in [1.807, 2.05) is 32.9 Å². The highest BCUT2D eigenvalue weighted by atomic mass is 32.2. The van der Waals surface area contributed by atoms with Crippen LogP contribution >= 0.6 is 0 Å². The van der Waals surface area contributed by atoms with Crippen molar-refractivity contribution in [1.82, 2.24) is 15.4 Å². The molecule has 0 amide bonds. The molecule has 1 aromatic rings. The highest BCUT2D eigenvalue weighted by Gasteiger charge is 2.24. The molecule has 0 aliphatic heterocycles. The quantitative estimate of drug-likeness (QED) is 0.552. The third kappa shape index (κ3) is 6.01. The van der Waals surface area contributed by atoms with Gasteiger partial charge in [-0.2, -0.15) is 0 Å². The van der Waals surface area contributed by atoms with Crippen molar-refractivity contribution in [3.63, 3.8) is 0 Å². The maximum absolute atomic E-state index is 12.7. The van der Waals surface area contributed by atoms with Gasteiger partial charge in [0.1, 0.15) is 0 Å². The first-order chi connectivity index (χ1) is 11.7. The van der Waals surface area contributed by atoms with E-state index in [1.54, 1.807) is 19.2 Å². The number of rotatable bonds is 5. The minimum atomic E-state index is -3.58. The Labute approximate surface area is 151 Å². The zero-order valence-corrected chi connectivity index (χ0v) is 16.4. The molecule has 0 heterocycles. The first-order valence-electron chi connectivity index (χ1n) is 8.80. The Hall–Kier alpha value is -1.60. The maximum atomic E-state index is 12.7. The van der Waals surface area contributed by atoms with Gasteiger partial charge >= 0.3 is 0 Å². The molecule has 140 valence electrons. The van der Waals surface area contributed by atoms with E-state index in [2.05, 4.69) is 20.3 Å². The van der Waals surface area contributed by atoms with Gasteiger partial charge in [-0.1, -0.05) is 31.0 Å². The average Bonchev–Trinajstić information content (AvgIpc) is 3.02. The van der Waals surface area contributed by atoms with Crippen molar-refractivity contribution < 1.29 is 8.42 Å². The molecule has 0 aromatic heterocycles. The molecule has 1 aliphatic carbocycles. The Morgan fingerprint density at radius 1 is 1.20 bits per heavy atom. The molecule has 0 radical (unpaired) electrons. The Morgan fingerprint density at radius 3 is 2.44 bits per heavy atom. The van der Waals surface area contributed by atoms with Crippen molar-refractivity contribution in [2.75, 3.05) is 7.05 Å². The number of hydrogen-bond acceptors (Lipinski definition) is 3. The molecule has 2 rings (SSSR count). The summed E-state index contributed by atoms with van der Waals surface area (Å²) in [5, 5.41) is 6.64. The molecule has 3 N–H and O–H groups in total. The third-order valence-electron chi connectivity index (χ3n) is 4.07. The molecule has 6 nitrogen and oxygen atoms in total. The van der Waals surface area contributed by atoms with E-state index in [-0.39, 0.29) is 0 Å². The predicted octanol–water partition coefficient (Wildman–Crippen LogP) is 2.37. The van der Waals surface area contributed by atoms with Crippen molar-refractivity contribution in [2.24, 2.45) is 4.99 Å². The summed E-state index contributed by atoms with van der Waals surface area (Å²) >= 11 is 0. The van der Waals surface area contributed by atoms with Crippen LogP contribution in [-0.4, -0.2) is 33.0 Å². The molecule has 0 bridgehead atoms. The highest BCUT2D eigenvalue weighted by molar-refractivity contribution is 7.89. The van der Waals surface area contributed by atoms with Gasteiger partial charge in [0.05, 0.1) is 4.90 Å². The minimum absolute atomic E-state index is 0.300. The van der Waals surface area contributed by atoms with Crippen LogP contribution in [0.15, 0.2) is 34.2 Å². The van der Waals surface area contributed by atoms with Crippen LogP contribution in [0.1, 0.15) is 52.0 Å². The van der Waals surface area contributed by atoms with Gasteiger partial charge < -0.3 is 10.6 Å². The van der Waals surface area contributed by atoms with Crippen molar-refractivity contribution in [3.05, 3.63) is 29.8 Å². The summed E-state index contributed by atoms with van der Waals surface area (Å²) in [5.74, 6) is 0.711. The summed E-state index contributed by atoms with van der Waals surface area (Å²) in [7, 11) is -1.85. The van der Waals surface area contributed by atoms with Crippen molar-refractivity contribution in [2.45, 2.75) is 69.5 Å². The number of nitrogens with one attached hydrogen (secondary N) is 3. The summed E-state index contributed by atoms with van der Waals surface area (Å²) in [4.78, 5) is 4.55. The lowest BCUT2D eigenvalue weighted by Crippen LogP contribution is -2.43. The van der Waals surface area contributed by atoms with Crippen LogP contribution in [0.4, 0.5) is 0 Å².